The van der Waals surface area contributed by atoms with Gasteiger partial charge in [0.2, 0.25) is 5.91 Å². The average molecular weight is 441 g/mol. The van der Waals surface area contributed by atoms with E-state index in [9.17, 15) is 24.8 Å². The van der Waals surface area contributed by atoms with Crippen LogP contribution in [0.3, 0.4) is 0 Å². The lowest BCUT2D eigenvalue weighted by atomic mass is 10.1. The standard InChI is InChI=1S/C20H31N3O8/c1-5-29-19(26)14(12-31-23(27)28)10-18(25)22-15-6-8-17(9-7-15)30-13-16(24)11-21-20(2,3)4/h6-9,14,16,21,24H,5,10-13H2,1-4H3,(H,22,25). The maximum Gasteiger partial charge on any atom is 0.311 e. The zero-order valence-corrected chi connectivity index (χ0v) is 18.3. The number of β-amino-alcohol motifs (C(OH)–C–C–N with tert-alkyl or cyclic N) is 1. The molecule has 0 heterocycles. The molecule has 31 heavy (non-hydrogen) atoms. The van der Waals surface area contributed by atoms with Gasteiger partial charge in [-0.1, -0.05) is 0 Å². The van der Waals surface area contributed by atoms with Gasteiger partial charge < -0.3 is 30.1 Å². The summed E-state index contributed by atoms with van der Waals surface area (Å²) in [6.45, 7) is 7.59. The van der Waals surface area contributed by atoms with Crippen LogP contribution >= 0.6 is 0 Å². The predicted molar refractivity (Wildman–Crippen MR) is 112 cm³/mol. The number of benzene rings is 1. The van der Waals surface area contributed by atoms with Crippen molar-refractivity contribution in [1.82, 2.24) is 5.32 Å². The number of rotatable bonds is 13. The number of hydrogen-bond donors (Lipinski definition) is 3. The molecule has 0 fully saturated rings. The Morgan fingerprint density at radius 1 is 1.19 bits per heavy atom. The summed E-state index contributed by atoms with van der Waals surface area (Å²) in [5.74, 6) is -1.86. The summed E-state index contributed by atoms with van der Waals surface area (Å²) in [5, 5.41) is 25.1. The number of aliphatic hydroxyl groups excluding tert-OH is 1. The van der Waals surface area contributed by atoms with E-state index in [4.69, 9.17) is 9.47 Å². The largest absolute Gasteiger partial charge is 0.491 e. The number of carbonyl (C=O) groups is 2. The van der Waals surface area contributed by atoms with Gasteiger partial charge in [-0.15, -0.1) is 10.1 Å². The van der Waals surface area contributed by atoms with Crippen molar-refractivity contribution in [3.8, 4) is 5.75 Å². The van der Waals surface area contributed by atoms with Crippen molar-refractivity contribution in [2.45, 2.75) is 45.8 Å². The van der Waals surface area contributed by atoms with Crippen LogP contribution in [0.2, 0.25) is 0 Å². The van der Waals surface area contributed by atoms with E-state index in [0.29, 0.717) is 18.0 Å². The Bertz CT molecular complexity index is 718. The molecule has 0 aromatic heterocycles. The molecule has 0 radical (unpaired) electrons. The van der Waals surface area contributed by atoms with Crippen molar-refractivity contribution in [2.75, 3.05) is 31.7 Å². The monoisotopic (exact) mass is 441 g/mol. The fourth-order valence-electron chi connectivity index (χ4n) is 2.37. The van der Waals surface area contributed by atoms with Crippen molar-refractivity contribution in [3.63, 3.8) is 0 Å². The fraction of sp³-hybridized carbons (Fsp3) is 0.600. The first-order valence-electron chi connectivity index (χ1n) is 9.90. The van der Waals surface area contributed by atoms with Gasteiger partial charge in [-0.05, 0) is 52.0 Å². The van der Waals surface area contributed by atoms with E-state index in [1.54, 1.807) is 31.2 Å². The molecular weight excluding hydrogens is 410 g/mol. The van der Waals surface area contributed by atoms with E-state index in [1.807, 2.05) is 20.8 Å². The molecule has 2 atom stereocenters. The molecule has 11 nitrogen and oxygen atoms in total. The Labute approximate surface area is 181 Å². The highest BCUT2D eigenvalue weighted by atomic mass is 16.9. The normalized spacial score (nSPS) is 13.1. The van der Waals surface area contributed by atoms with Crippen molar-refractivity contribution in [2.24, 2.45) is 5.92 Å². The second-order valence-electron chi connectivity index (χ2n) is 7.84. The summed E-state index contributed by atoms with van der Waals surface area (Å²) < 4.78 is 10.3. The van der Waals surface area contributed by atoms with Gasteiger partial charge in [0.15, 0.2) is 0 Å². The average Bonchev–Trinajstić information content (AvgIpc) is 2.68. The number of ether oxygens (including phenoxy) is 2. The zero-order valence-electron chi connectivity index (χ0n) is 18.3. The lowest BCUT2D eigenvalue weighted by molar-refractivity contribution is -0.758. The molecule has 0 aliphatic rings. The van der Waals surface area contributed by atoms with Gasteiger partial charge in [-0.2, -0.15) is 0 Å². The van der Waals surface area contributed by atoms with Crippen LogP contribution in [0.5, 0.6) is 5.75 Å². The second-order valence-corrected chi connectivity index (χ2v) is 7.84. The highest BCUT2D eigenvalue weighted by molar-refractivity contribution is 5.93. The summed E-state index contributed by atoms with van der Waals surface area (Å²) in [4.78, 5) is 38.7. The summed E-state index contributed by atoms with van der Waals surface area (Å²) in [7, 11) is 0. The maximum absolute atomic E-state index is 12.2. The molecule has 0 bridgehead atoms. The Hall–Kier alpha value is -2.92. The molecule has 2 unspecified atom stereocenters. The summed E-state index contributed by atoms with van der Waals surface area (Å²) in [5.41, 5.74) is 0.341. The Balaban J connectivity index is 2.53. The van der Waals surface area contributed by atoms with E-state index < -0.39 is 35.6 Å². The van der Waals surface area contributed by atoms with Crippen LogP contribution in [-0.4, -0.2) is 60.1 Å². The summed E-state index contributed by atoms with van der Waals surface area (Å²) in [6.07, 6.45) is -1.02. The molecule has 0 spiro atoms. The topological polar surface area (TPSA) is 149 Å². The van der Waals surface area contributed by atoms with Crippen LogP contribution in [0.25, 0.3) is 0 Å². The van der Waals surface area contributed by atoms with Gasteiger partial charge in [-0.3, -0.25) is 9.59 Å². The van der Waals surface area contributed by atoms with Crippen molar-refractivity contribution >= 4 is 17.6 Å². The molecule has 0 aliphatic carbocycles. The van der Waals surface area contributed by atoms with E-state index in [-0.39, 0.29) is 25.2 Å². The lowest BCUT2D eigenvalue weighted by Gasteiger charge is -2.23. The van der Waals surface area contributed by atoms with Crippen LogP contribution in [0.15, 0.2) is 24.3 Å². The lowest BCUT2D eigenvalue weighted by Crippen LogP contribution is -2.42. The predicted octanol–water partition coefficient (Wildman–Crippen LogP) is 1.53. The Morgan fingerprint density at radius 3 is 2.39 bits per heavy atom. The van der Waals surface area contributed by atoms with Gasteiger partial charge >= 0.3 is 5.97 Å². The van der Waals surface area contributed by atoms with Gasteiger partial charge in [0, 0.05) is 24.2 Å². The quantitative estimate of drug-likeness (QED) is 0.235. The highest BCUT2D eigenvalue weighted by Crippen LogP contribution is 2.17. The molecule has 0 aliphatic heterocycles. The molecule has 174 valence electrons. The van der Waals surface area contributed by atoms with Gasteiger partial charge in [0.1, 0.15) is 25.1 Å². The molecule has 0 saturated carbocycles. The van der Waals surface area contributed by atoms with E-state index in [1.165, 1.54) is 0 Å². The third-order valence-corrected chi connectivity index (χ3v) is 3.88. The van der Waals surface area contributed by atoms with Crippen LogP contribution in [0.4, 0.5) is 5.69 Å². The molecule has 1 aromatic rings. The molecule has 1 rings (SSSR count). The number of esters is 1. The molecule has 1 aromatic carbocycles. The van der Waals surface area contributed by atoms with Gasteiger partial charge in [0.25, 0.3) is 5.09 Å². The number of aliphatic hydroxyl groups is 1. The van der Waals surface area contributed by atoms with Crippen molar-refractivity contribution < 1.29 is 34.1 Å². The van der Waals surface area contributed by atoms with Gasteiger partial charge in [0.05, 0.1) is 12.5 Å². The van der Waals surface area contributed by atoms with E-state index >= 15 is 0 Å². The number of nitrogens with one attached hydrogen (secondary N) is 2. The minimum absolute atomic E-state index is 0.0812. The van der Waals surface area contributed by atoms with Crippen LogP contribution in [0, 0.1) is 16.0 Å². The van der Waals surface area contributed by atoms with Crippen LogP contribution in [0.1, 0.15) is 34.1 Å². The zero-order chi connectivity index (χ0) is 23.4. The highest BCUT2D eigenvalue weighted by Gasteiger charge is 2.25. The van der Waals surface area contributed by atoms with Gasteiger partial charge in [-0.25, -0.2) is 0 Å². The Kier molecular flexibility index (Phi) is 10.7. The van der Waals surface area contributed by atoms with Crippen LogP contribution < -0.4 is 15.4 Å². The van der Waals surface area contributed by atoms with Crippen molar-refractivity contribution in [3.05, 3.63) is 34.4 Å². The second kappa shape index (κ2) is 12.7. The van der Waals surface area contributed by atoms with Crippen LogP contribution in [-0.2, 0) is 19.2 Å². The first-order chi connectivity index (χ1) is 14.5. The summed E-state index contributed by atoms with van der Waals surface area (Å²) >= 11 is 0. The number of hydrogen-bond acceptors (Lipinski definition) is 9. The molecule has 3 N–H and O–H groups in total. The van der Waals surface area contributed by atoms with E-state index in [2.05, 4.69) is 15.5 Å². The molecular formula is C20H31N3O8. The molecule has 1 amide bonds. The third-order valence-electron chi connectivity index (χ3n) is 3.88. The summed E-state index contributed by atoms with van der Waals surface area (Å²) in [6, 6.07) is 6.44. The first kappa shape index (κ1) is 26.1. The number of anilines is 1. The van der Waals surface area contributed by atoms with E-state index in [0.717, 1.165) is 0 Å². The third kappa shape index (κ3) is 11.7. The number of amides is 1. The minimum atomic E-state index is -1.10. The number of carbonyl (C=O) groups excluding carboxylic acids is 2. The number of nitrogens with zero attached hydrogens (tertiary/aromatic N) is 1. The fourth-order valence-corrected chi connectivity index (χ4v) is 2.37. The SMILES string of the molecule is CCOC(=O)C(CO[N+](=O)[O-])CC(=O)Nc1ccc(OCC(O)CNC(C)(C)C)cc1. The van der Waals surface area contributed by atoms with Crippen molar-refractivity contribution in [1.29, 1.82) is 0 Å². The Morgan fingerprint density at radius 2 is 1.84 bits per heavy atom. The minimum Gasteiger partial charge on any atom is -0.491 e. The molecule has 11 heteroatoms. The molecule has 0 saturated heterocycles. The smallest absolute Gasteiger partial charge is 0.311 e. The maximum atomic E-state index is 12.2. The first-order valence-corrected chi connectivity index (χ1v) is 9.90.